The number of sulfone groups is 1. The number of anilines is 1. The van der Waals surface area contributed by atoms with E-state index in [0.717, 1.165) is 24.5 Å². The monoisotopic (exact) mass is 601 g/mol. The number of nitrogens with one attached hydrogen (secondary N) is 1. The molecule has 2 fully saturated rings. The fourth-order valence-electron chi connectivity index (χ4n) is 4.87. The molecule has 212 valence electrons. The Hall–Kier alpha value is -3.22. The van der Waals surface area contributed by atoms with Crippen molar-refractivity contribution in [3.05, 3.63) is 76.7 Å². The number of ketones is 1. The number of nitrogens with zero attached hydrogens (tertiary/aromatic N) is 1. The van der Waals surface area contributed by atoms with Crippen LogP contribution >= 0.6 is 11.6 Å². The van der Waals surface area contributed by atoms with E-state index < -0.39 is 121 Å². The zero-order chi connectivity index (χ0) is 33.3. The first-order chi connectivity index (χ1) is 20.8. The highest BCUT2D eigenvalue weighted by Gasteiger charge is 2.55. The average molecular weight is 602 g/mol. The lowest BCUT2D eigenvalue weighted by molar-refractivity contribution is -0.0646. The smallest absolute Gasteiger partial charge is 0.263 e. The molecule has 3 unspecified atom stereocenters. The molecule has 1 aromatic heterocycles. The van der Waals surface area contributed by atoms with E-state index in [2.05, 4.69) is 10.3 Å². The van der Waals surface area contributed by atoms with E-state index >= 15 is 0 Å². The number of Topliss-reactive ketones (excluding diaryl/α,β-unsaturated/α-hetero) is 1. The van der Waals surface area contributed by atoms with Crippen molar-refractivity contribution in [2.75, 3.05) is 5.32 Å². The molecule has 40 heavy (non-hydrogen) atoms. The molecular formula is C27H24ClF3N2O6S. The largest absolute Gasteiger partial charge is 0.442 e. The summed E-state index contributed by atoms with van der Waals surface area (Å²) in [6.45, 7) is 0. The third kappa shape index (κ3) is 5.15. The van der Waals surface area contributed by atoms with Crippen LogP contribution in [0.25, 0.3) is 0 Å². The van der Waals surface area contributed by atoms with Gasteiger partial charge in [0, 0.05) is 36.7 Å². The number of hydrogen-bond acceptors (Lipinski definition) is 7. The summed E-state index contributed by atoms with van der Waals surface area (Å²) in [6.07, 6.45) is -6.00. The molecule has 0 saturated heterocycles. The topological polar surface area (TPSA) is 127 Å². The second kappa shape index (κ2) is 10.6. The first kappa shape index (κ1) is 22.5. The quantitative estimate of drug-likeness (QED) is 0.263. The zero-order valence-electron chi connectivity index (χ0n) is 25.4. The van der Waals surface area contributed by atoms with Gasteiger partial charge in [-0.1, -0.05) is 11.6 Å². The van der Waals surface area contributed by atoms with Gasteiger partial charge in [0.1, 0.15) is 6.26 Å². The first-order valence-electron chi connectivity index (χ1n) is 14.4. The van der Waals surface area contributed by atoms with Crippen LogP contribution in [-0.2, 0) is 9.84 Å². The highest BCUT2D eigenvalue weighted by molar-refractivity contribution is 7.92. The van der Waals surface area contributed by atoms with Crippen LogP contribution in [-0.4, -0.2) is 41.0 Å². The highest BCUT2D eigenvalue weighted by Crippen LogP contribution is 2.54. The van der Waals surface area contributed by atoms with Crippen LogP contribution in [0.3, 0.4) is 0 Å². The van der Waals surface area contributed by atoms with Gasteiger partial charge in [0.05, 0.1) is 26.9 Å². The number of fused-ring (bicyclic) bond motifs is 2. The van der Waals surface area contributed by atoms with Gasteiger partial charge in [-0.3, -0.25) is 9.59 Å². The molecular weight excluding hydrogens is 573 g/mol. The van der Waals surface area contributed by atoms with E-state index in [1.807, 2.05) is 0 Å². The SMILES string of the molecule is [2H]C1([2H])C2CC([2H])(S(=O)(=O)c3cc(C(=O)Nc4cc(F)c(F)c(F)c4)ccc3Cl)C[C@@H](C2(O)CCC(=O)c2ncco2)C1([2H])[2H]. The summed E-state index contributed by atoms with van der Waals surface area (Å²) < 4.78 is 117. The van der Waals surface area contributed by atoms with E-state index in [9.17, 15) is 36.3 Å². The number of amides is 1. The molecule has 0 radical (unpaired) electrons. The number of carbonyl (C=O) groups excluding carboxylic acids is 2. The Morgan fingerprint density at radius 1 is 1.18 bits per heavy atom. The van der Waals surface area contributed by atoms with Crippen molar-refractivity contribution in [2.24, 2.45) is 11.8 Å². The Balaban J connectivity index is 1.47. The summed E-state index contributed by atoms with van der Waals surface area (Å²) in [6, 6.07) is 3.89. The number of aliphatic hydroxyl groups is 1. The molecule has 2 bridgehead atoms. The lowest BCUT2D eigenvalue weighted by Gasteiger charge is -2.42. The highest BCUT2D eigenvalue weighted by atomic mass is 35.5. The summed E-state index contributed by atoms with van der Waals surface area (Å²) in [4.78, 5) is 28.3. The number of rotatable bonds is 8. The predicted molar refractivity (Wildman–Crippen MR) is 137 cm³/mol. The van der Waals surface area contributed by atoms with Gasteiger partial charge in [-0.15, -0.1) is 0 Å². The maximum atomic E-state index is 14.0. The molecule has 2 aliphatic carbocycles. The van der Waals surface area contributed by atoms with Crippen LogP contribution in [0.1, 0.15) is 66.3 Å². The normalized spacial score (nSPS) is 30.4. The number of oxazole rings is 1. The van der Waals surface area contributed by atoms with Crippen molar-refractivity contribution in [3.63, 3.8) is 0 Å². The Labute approximate surface area is 239 Å². The average Bonchev–Trinajstić information content (AvgIpc) is 3.52. The Morgan fingerprint density at radius 2 is 1.82 bits per heavy atom. The summed E-state index contributed by atoms with van der Waals surface area (Å²) >= 11 is 6.19. The number of hydrogen-bond donors (Lipinski definition) is 2. The van der Waals surface area contributed by atoms with Crippen molar-refractivity contribution < 1.29 is 47.6 Å². The summed E-state index contributed by atoms with van der Waals surface area (Å²) in [5.41, 5.74) is -3.11. The van der Waals surface area contributed by atoms with E-state index in [1.54, 1.807) is 0 Å². The second-order valence-corrected chi connectivity index (χ2v) is 11.9. The van der Waals surface area contributed by atoms with Crippen LogP contribution in [0.4, 0.5) is 18.9 Å². The standard InChI is InChI=1S/C27H24ClF3N2O6S/c28-19-4-1-14(25(35)33-17-12-20(29)24(31)21(30)13-17)9-23(19)40(37,38)18-10-15-2-3-16(11-18)27(15,36)6-5-22(34)26-32-7-8-39-26/h1,4,7-9,12-13,15-16,18,36H,2-3,5-6,10-11H2,(H,33,35)/t15-,16?,18?,27?/m0/s1/i2D2,3D2,18D. The van der Waals surface area contributed by atoms with E-state index in [0.29, 0.717) is 12.1 Å². The van der Waals surface area contributed by atoms with E-state index in [1.165, 1.54) is 6.20 Å². The molecule has 2 aromatic carbocycles. The van der Waals surface area contributed by atoms with E-state index in [-0.39, 0.29) is 5.89 Å². The molecule has 1 amide bonds. The van der Waals surface area contributed by atoms with Gasteiger partial charge in [-0.05, 0) is 62.0 Å². The summed E-state index contributed by atoms with van der Waals surface area (Å²) in [5.74, 6) is -10.5. The fourth-order valence-corrected chi connectivity index (χ4v) is 6.99. The molecule has 2 saturated carbocycles. The zero-order valence-corrected chi connectivity index (χ0v) is 22.0. The molecule has 3 aromatic rings. The number of benzene rings is 2. The van der Waals surface area contributed by atoms with Crippen molar-refractivity contribution in [3.8, 4) is 0 Å². The summed E-state index contributed by atoms with van der Waals surface area (Å²) in [7, 11) is -4.93. The van der Waals surface area contributed by atoms with Crippen LogP contribution in [0.5, 0.6) is 0 Å². The van der Waals surface area contributed by atoms with Gasteiger partial charge in [0.25, 0.3) is 11.8 Å². The molecule has 2 N–H and O–H groups in total. The molecule has 0 spiro atoms. The van der Waals surface area contributed by atoms with Crippen molar-refractivity contribution >= 4 is 38.8 Å². The molecule has 5 rings (SSSR count). The molecule has 4 atom stereocenters. The predicted octanol–water partition coefficient (Wildman–Crippen LogP) is 5.35. The maximum absolute atomic E-state index is 14.0. The van der Waals surface area contributed by atoms with Crippen LogP contribution in [0.15, 0.2) is 52.1 Å². The molecule has 1 heterocycles. The molecule has 2 aliphatic rings. The van der Waals surface area contributed by atoms with Gasteiger partial charge in [0.15, 0.2) is 27.3 Å². The van der Waals surface area contributed by atoms with Gasteiger partial charge >= 0.3 is 0 Å². The van der Waals surface area contributed by atoms with Gasteiger partial charge in [-0.2, -0.15) is 0 Å². The van der Waals surface area contributed by atoms with Crippen molar-refractivity contribution in [1.29, 1.82) is 0 Å². The van der Waals surface area contributed by atoms with Gasteiger partial charge < -0.3 is 14.8 Å². The lowest BCUT2D eigenvalue weighted by Crippen LogP contribution is -2.48. The number of halogens is 4. The number of aromatic nitrogens is 1. The Kier molecular flexibility index (Phi) is 5.98. The Bertz CT molecular complexity index is 1760. The Morgan fingerprint density at radius 3 is 2.42 bits per heavy atom. The maximum Gasteiger partial charge on any atom is 0.263 e. The van der Waals surface area contributed by atoms with Crippen LogP contribution in [0.2, 0.25) is 5.02 Å². The molecule has 8 nitrogen and oxygen atoms in total. The van der Waals surface area contributed by atoms with Gasteiger partial charge in [-0.25, -0.2) is 26.6 Å². The summed E-state index contributed by atoms with van der Waals surface area (Å²) in [5, 5.41) is 10.7. The molecule has 13 heteroatoms. The minimum absolute atomic E-state index is 0.279. The third-order valence-corrected chi connectivity index (χ3v) is 9.48. The lowest BCUT2D eigenvalue weighted by atomic mass is 9.71. The van der Waals surface area contributed by atoms with Crippen LogP contribution < -0.4 is 5.32 Å². The van der Waals surface area contributed by atoms with Crippen LogP contribution in [0, 0.1) is 29.3 Å². The van der Waals surface area contributed by atoms with Crippen molar-refractivity contribution in [2.45, 2.75) is 54.2 Å². The third-order valence-electron chi connectivity index (χ3n) is 7.03. The second-order valence-electron chi connectivity index (χ2n) is 9.45. The number of carbonyl (C=O) groups is 2. The van der Waals surface area contributed by atoms with Gasteiger partial charge in [0.2, 0.25) is 5.78 Å². The molecule has 0 aliphatic heterocycles. The first-order valence-corrected chi connectivity index (χ1v) is 13.8. The van der Waals surface area contributed by atoms with E-state index in [4.69, 9.17) is 22.9 Å². The minimum atomic E-state index is -4.93. The van der Waals surface area contributed by atoms with Crippen molar-refractivity contribution in [1.82, 2.24) is 4.98 Å². The fraction of sp³-hybridized carbons (Fsp3) is 0.370. The minimum Gasteiger partial charge on any atom is -0.442 e.